The summed E-state index contributed by atoms with van der Waals surface area (Å²) in [6.45, 7) is 0. The van der Waals surface area contributed by atoms with Crippen LogP contribution in [0.5, 0.6) is 0 Å². The number of anilines is 1. The average molecular weight is 259 g/mol. The van der Waals surface area contributed by atoms with E-state index in [9.17, 15) is 18.0 Å². The maximum absolute atomic E-state index is 12.6. The Morgan fingerprint density at radius 2 is 1.89 bits per heavy atom. The van der Waals surface area contributed by atoms with Crippen molar-refractivity contribution in [3.8, 4) is 0 Å². The third-order valence-corrected chi connectivity index (χ3v) is 2.54. The standard InChI is InChI=1S/C11H12F3N3O/c12-11(13,14)8-6-9(18)17-10(16-8)15-7-4-2-1-3-5-7/h1-5,8,10,15-16H,6H2,(H,17,18). The van der Waals surface area contributed by atoms with Gasteiger partial charge in [0.05, 0.1) is 6.42 Å². The minimum atomic E-state index is -4.44. The summed E-state index contributed by atoms with van der Waals surface area (Å²) in [6.07, 6.45) is -5.97. The van der Waals surface area contributed by atoms with Gasteiger partial charge in [-0.2, -0.15) is 13.2 Å². The molecule has 0 aliphatic carbocycles. The molecule has 4 nitrogen and oxygen atoms in total. The Labute approximate surface area is 102 Å². The second-order valence-electron chi connectivity index (χ2n) is 3.98. The fourth-order valence-electron chi connectivity index (χ4n) is 1.70. The van der Waals surface area contributed by atoms with E-state index in [4.69, 9.17) is 0 Å². The fraction of sp³-hybridized carbons (Fsp3) is 0.364. The lowest BCUT2D eigenvalue weighted by Crippen LogP contribution is -2.63. The number of rotatable bonds is 2. The van der Waals surface area contributed by atoms with E-state index in [0.29, 0.717) is 5.69 Å². The van der Waals surface area contributed by atoms with E-state index in [1.54, 1.807) is 30.3 Å². The number of carbonyl (C=O) groups is 1. The van der Waals surface area contributed by atoms with Crippen molar-refractivity contribution < 1.29 is 18.0 Å². The van der Waals surface area contributed by atoms with Gasteiger partial charge in [0, 0.05) is 5.69 Å². The second-order valence-corrected chi connectivity index (χ2v) is 3.98. The molecule has 1 amide bonds. The van der Waals surface area contributed by atoms with Crippen LogP contribution in [0.2, 0.25) is 0 Å². The van der Waals surface area contributed by atoms with E-state index < -0.39 is 30.8 Å². The number of halogens is 3. The van der Waals surface area contributed by atoms with Crippen molar-refractivity contribution in [2.24, 2.45) is 0 Å². The van der Waals surface area contributed by atoms with Crippen LogP contribution in [0.25, 0.3) is 0 Å². The van der Waals surface area contributed by atoms with Gasteiger partial charge in [-0.05, 0) is 12.1 Å². The fourth-order valence-corrected chi connectivity index (χ4v) is 1.70. The molecule has 1 aromatic rings. The van der Waals surface area contributed by atoms with Gasteiger partial charge >= 0.3 is 6.18 Å². The maximum Gasteiger partial charge on any atom is 0.404 e. The van der Waals surface area contributed by atoms with Crippen molar-refractivity contribution in [1.82, 2.24) is 10.6 Å². The first kappa shape index (κ1) is 12.7. The van der Waals surface area contributed by atoms with Crippen LogP contribution in [0.3, 0.4) is 0 Å². The van der Waals surface area contributed by atoms with Crippen LogP contribution < -0.4 is 16.0 Å². The summed E-state index contributed by atoms with van der Waals surface area (Å²) >= 11 is 0. The summed E-state index contributed by atoms with van der Waals surface area (Å²) in [5.74, 6) is -0.635. The summed E-state index contributed by atoms with van der Waals surface area (Å²) in [5.41, 5.74) is 0.623. The highest BCUT2D eigenvalue weighted by Crippen LogP contribution is 2.24. The Morgan fingerprint density at radius 3 is 2.50 bits per heavy atom. The minimum absolute atomic E-state index is 0.601. The monoisotopic (exact) mass is 259 g/mol. The molecule has 1 aromatic carbocycles. The van der Waals surface area contributed by atoms with Crippen LogP contribution >= 0.6 is 0 Å². The number of nitrogens with one attached hydrogen (secondary N) is 3. The largest absolute Gasteiger partial charge is 0.404 e. The molecule has 7 heteroatoms. The van der Waals surface area contributed by atoms with Gasteiger partial charge in [0.15, 0.2) is 6.29 Å². The summed E-state index contributed by atoms with van der Waals surface area (Å²) in [6, 6.07) is 6.85. The zero-order chi connectivity index (χ0) is 13.2. The first-order valence-electron chi connectivity index (χ1n) is 5.39. The van der Waals surface area contributed by atoms with Crippen molar-refractivity contribution in [3.63, 3.8) is 0 Å². The Bertz CT molecular complexity index is 421. The van der Waals surface area contributed by atoms with E-state index in [2.05, 4.69) is 16.0 Å². The van der Waals surface area contributed by atoms with Gasteiger partial charge in [0.1, 0.15) is 6.04 Å². The molecule has 98 valence electrons. The predicted octanol–water partition coefficient (Wildman–Crippen LogP) is 1.42. The predicted molar refractivity (Wildman–Crippen MR) is 59.6 cm³/mol. The third kappa shape index (κ3) is 3.13. The summed E-state index contributed by atoms with van der Waals surface area (Å²) < 4.78 is 37.7. The van der Waals surface area contributed by atoms with E-state index in [1.807, 2.05) is 0 Å². The Kier molecular flexibility index (Phi) is 3.42. The molecule has 2 unspecified atom stereocenters. The normalized spacial score (nSPS) is 24.5. The molecule has 3 N–H and O–H groups in total. The Hall–Kier alpha value is -1.76. The molecule has 1 saturated heterocycles. The van der Waals surface area contributed by atoms with Gasteiger partial charge < -0.3 is 10.6 Å². The van der Waals surface area contributed by atoms with E-state index >= 15 is 0 Å². The molecule has 1 fully saturated rings. The van der Waals surface area contributed by atoms with Crippen LogP contribution in [0.4, 0.5) is 18.9 Å². The minimum Gasteiger partial charge on any atom is -0.353 e. The highest BCUT2D eigenvalue weighted by atomic mass is 19.4. The van der Waals surface area contributed by atoms with E-state index in [-0.39, 0.29) is 0 Å². The first-order chi connectivity index (χ1) is 8.45. The van der Waals surface area contributed by atoms with Crippen molar-refractivity contribution in [2.45, 2.75) is 24.9 Å². The molecule has 2 atom stereocenters. The van der Waals surface area contributed by atoms with E-state index in [1.165, 1.54) is 0 Å². The van der Waals surface area contributed by atoms with Gasteiger partial charge in [-0.15, -0.1) is 0 Å². The molecule has 1 aliphatic rings. The molecule has 0 saturated carbocycles. The highest BCUT2D eigenvalue weighted by Gasteiger charge is 2.44. The van der Waals surface area contributed by atoms with Crippen LogP contribution in [0, 0.1) is 0 Å². The second kappa shape index (κ2) is 4.85. The van der Waals surface area contributed by atoms with Gasteiger partial charge in [0.25, 0.3) is 0 Å². The number of alkyl halides is 3. The van der Waals surface area contributed by atoms with Crippen LogP contribution in [0.1, 0.15) is 6.42 Å². The van der Waals surface area contributed by atoms with Crippen molar-refractivity contribution >= 4 is 11.6 Å². The number of hydrogen-bond acceptors (Lipinski definition) is 3. The van der Waals surface area contributed by atoms with Gasteiger partial charge in [-0.3, -0.25) is 10.1 Å². The molecular formula is C11H12F3N3O. The zero-order valence-corrected chi connectivity index (χ0v) is 9.29. The first-order valence-corrected chi connectivity index (χ1v) is 5.39. The number of benzene rings is 1. The number of amides is 1. The average Bonchev–Trinajstić information content (AvgIpc) is 2.28. The molecule has 2 rings (SSSR count). The molecule has 0 spiro atoms. The molecule has 0 bridgehead atoms. The zero-order valence-electron chi connectivity index (χ0n) is 9.29. The topological polar surface area (TPSA) is 53.2 Å². The summed E-state index contributed by atoms with van der Waals surface area (Å²) in [5, 5.41) is 7.48. The lowest BCUT2D eigenvalue weighted by Gasteiger charge is -2.33. The molecule has 18 heavy (non-hydrogen) atoms. The SMILES string of the molecule is O=C1CC(C(F)(F)F)NC(Nc2ccccc2)N1. The Morgan fingerprint density at radius 1 is 1.22 bits per heavy atom. The highest BCUT2D eigenvalue weighted by molar-refractivity contribution is 5.78. The number of hydrogen-bond donors (Lipinski definition) is 3. The third-order valence-electron chi connectivity index (χ3n) is 2.54. The van der Waals surface area contributed by atoms with Crippen molar-refractivity contribution in [2.75, 3.05) is 5.32 Å². The van der Waals surface area contributed by atoms with Crippen LogP contribution in [0.15, 0.2) is 30.3 Å². The molecule has 0 aromatic heterocycles. The van der Waals surface area contributed by atoms with E-state index in [0.717, 1.165) is 0 Å². The summed E-state index contributed by atoms with van der Waals surface area (Å²) in [4.78, 5) is 11.2. The van der Waals surface area contributed by atoms with Crippen LogP contribution in [-0.4, -0.2) is 24.4 Å². The van der Waals surface area contributed by atoms with Gasteiger partial charge in [-0.25, -0.2) is 0 Å². The lowest BCUT2D eigenvalue weighted by molar-refractivity contribution is -0.168. The van der Waals surface area contributed by atoms with Crippen LogP contribution in [-0.2, 0) is 4.79 Å². The number of para-hydroxylation sites is 1. The molecule has 1 aliphatic heterocycles. The summed E-state index contributed by atoms with van der Waals surface area (Å²) in [7, 11) is 0. The molecule has 1 heterocycles. The quantitative estimate of drug-likeness (QED) is 0.753. The van der Waals surface area contributed by atoms with Gasteiger partial charge in [-0.1, -0.05) is 18.2 Å². The molecule has 0 radical (unpaired) electrons. The maximum atomic E-state index is 12.6. The lowest BCUT2D eigenvalue weighted by atomic mass is 10.1. The number of carbonyl (C=O) groups excluding carboxylic acids is 1. The van der Waals surface area contributed by atoms with Crippen molar-refractivity contribution in [1.29, 1.82) is 0 Å². The smallest absolute Gasteiger partial charge is 0.353 e. The van der Waals surface area contributed by atoms with Gasteiger partial charge in [0.2, 0.25) is 5.91 Å². The molecular weight excluding hydrogens is 247 g/mol. The van der Waals surface area contributed by atoms with Crippen molar-refractivity contribution in [3.05, 3.63) is 30.3 Å². The Balaban J connectivity index is 2.03.